The van der Waals surface area contributed by atoms with Gasteiger partial charge in [0, 0.05) is 17.1 Å². The van der Waals surface area contributed by atoms with Crippen LogP contribution in [0.25, 0.3) is 5.57 Å². The predicted molar refractivity (Wildman–Crippen MR) is 135 cm³/mol. The van der Waals surface area contributed by atoms with Crippen molar-refractivity contribution in [1.82, 2.24) is 4.57 Å². The normalized spacial score (nSPS) is 18.3. The van der Waals surface area contributed by atoms with Gasteiger partial charge in [-0.15, -0.1) is 0 Å². The molecule has 3 aromatic rings. The standard InChI is InChI=1S/C26H22ClN3O4S/c1-4-29-18-9-7-6-8-17(18)20(23(29)31)22-24(32)30-21(15-10-12-16(27)13-11-15)19(25(33)34-5-2)14(3)28-26(30)35-22/h6-13,21H,4-5H2,1-3H3/b22-20-/t21-/m1/s1. The molecule has 1 atom stereocenters. The molecular weight excluding hydrogens is 486 g/mol. The van der Waals surface area contributed by atoms with Crippen molar-refractivity contribution in [2.45, 2.75) is 26.8 Å². The van der Waals surface area contributed by atoms with Crippen LogP contribution in [0.5, 0.6) is 0 Å². The molecule has 1 amide bonds. The van der Waals surface area contributed by atoms with Gasteiger partial charge in [0.15, 0.2) is 4.80 Å². The van der Waals surface area contributed by atoms with Gasteiger partial charge in [0.1, 0.15) is 4.53 Å². The third-order valence-electron chi connectivity index (χ3n) is 6.14. The maximum absolute atomic E-state index is 14.0. The van der Waals surface area contributed by atoms with Crippen LogP contribution in [0, 0.1) is 0 Å². The van der Waals surface area contributed by atoms with Crippen LogP contribution in [-0.4, -0.2) is 29.6 Å². The molecule has 5 rings (SSSR count). The number of hydrogen-bond donors (Lipinski definition) is 0. The average molecular weight is 508 g/mol. The summed E-state index contributed by atoms with van der Waals surface area (Å²) in [5, 5.41) is 0.537. The lowest BCUT2D eigenvalue weighted by Crippen LogP contribution is -2.41. The van der Waals surface area contributed by atoms with Crippen LogP contribution < -0.4 is 19.8 Å². The van der Waals surface area contributed by atoms with Gasteiger partial charge >= 0.3 is 5.97 Å². The Morgan fingerprint density at radius 3 is 2.51 bits per heavy atom. The van der Waals surface area contributed by atoms with Crippen molar-refractivity contribution in [3.63, 3.8) is 0 Å². The Balaban J connectivity index is 1.83. The van der Waals surface area contributed by atoms with Gasteiger partial charge in [-0.25, -0.2) is 9.79 Å². The van der Waals surface area contributed by atoms with E-state index in [0.29, 0.717) is 43.3 Å². The molecule has 9 heteroatoms. The van der Waals surface area contributed by atoms with E-state index in [2.05, 4.69) is 4.99 Å². The van der Waals surface area contributed by atoms with Crippen molar-refractivity contribution in [1.29, 1.82) is 0 Å². The molecule has 0 saturated heterocycles. The number of fused-ring (bicyclic) bond motifs is 2. The first-order valence-electron chi connectivity index (χ1n) is 11.3. The van der Waals surface area contributed by atoms with Crippen molar-refractivity contribution < 1.29 is 14.3 Å². The highest BCUT2D eigenvalue weighted by molar-refractivity contribution is 7.07. The van der Waals surface area contributed by atoms with Gasteiger partial charge in [0.2, 0.25) is 0 Å². The minimum absolute atomic E-state index is 0.190. The van der Waals surface area contributed by atoms with E-state index in [-0.39, 0.29) is 23.6 Å². The third kappa shape index (κ3) is 3.64. The molecule has 2 aliphatic rings. The second-order valence-electron chi connectivity index (χ2n) is 8.12. The number of allylic oxidation sites excluding steroid dienone is 1. The van der Waals surface area contributed by atoms with E-state index in [0.717, 1.165) is 17.0 Å². The van der Waals surface area contributed by atoms with Crippen LogP contribution in [0.4, 0.5) is 5.69 Å². The van der Waals surface area contributed by atoms with Gasteiger partial charge in [0.25, 0.3) is 11.5 Å². The fourth-order valence-corrected chi connectivity index (χ4v) is 5.88. The number of carbonyl (C=O) groups excluding carboxylic acids is 2. The summed E-state index contributed by atoms with van der Waals surface area (Å²) in [5.74, 6) is -0.755. The summed E-state index contributed by atoms with van der Waals surface area (Å²) in [4.78, 5) is 47.0. The summed E-state index contributed by atoms with van der Waals surface area (Å²) in [6.45, 7) is 6.02. The molecule has 1 aromatic heterocycles. The van der Waals surface area contributed by atoms with E-state index in [1.807, 2.05) is 31.2 Å². The number of benzene rings is 2. The highest BCUT2D eigenvalue weighted by atomic mass is 35.5. The topological polar surface area (TPSA) is 81.0 Å². The Labute approximate surface area is 210 Å². The number of likely N-dealkylation sites (N-methyl/N-ethyl adjacent to an activating group) is 1. The van der Waals surface area contributed by atoms with Gasteiger partial charge in [-0.1, -0.05) is 53.3 Å². The number of ether oxygens (including phenoxy) is 1. The van der Waals surface area contributed by atoms with Gasteiger partial charge in [-0.3, -0.25) is 14.2 Å². The monoisotopic (exact) mass is 507 g/mol. The first-order chi connectivity index (χ1) is 16.9. The summed E-state index contributed by atoms with van der Waals surface area (Å²) in [6, 6.07) is 13.7. The molecule has 0 fully saturated rings. The molecule has 2 aliphatic heterocycles. The first-order valence-corrected chi connectivity index (χ1v) is 12.5. The number of halogens is 1. The van der Waals surface area contributed by atoms with Crippen molar-refractivity contribution in [2.24, 2.45) is 4.99 Å². The summed E-state index contributed by atoms with van der Waals surface area (Å²) < 4.78 is 7.11. The number of amides is 1. The van der Waals surface area contributed by atoms with Crippen molar-refractivity contribution in [3.8, 4) is 0 Å². The van der Waals surface area contributed by atoms with E-state index < -0.39 is 12.0 Å². The van der Waals surface area contributed by atoms with Crippen molar-refractivity contribution in [3.05, 3.63) is 95.6 Å². The largest absolute Gasteiger partial charge is 0.463 e. The zero-order valence-corrected chi connectivity index (χ0v) is 20.9. The number of para-hydroxylation sites is 1. The smallest absolute Gasteiger partial charge is 0.338 e. The van der Waals surface area contributed by atoms with Crippen LogP contribution >= 0.6 is 22.9 Å². The number of hydrogen-bond acceptors (Lipinski definition) is 6. The molecule has 0 unspecified atom stereocenters. The summed E-state index contributed by atoms with van der Waals surface area (Å²) in [6.07, 6.45) is 0. The molecule has 3 heterocycles. The summed E-state index contributed by atoms with van der Waals surface area (Å²) in [5.41, 5.74) is 2.92. The number of anilines is 1. The van der Waals surface area contributed by atoms with Crippen LogP contribution in [0.15, 0.2) is 69.6 Å². The molecule has 0 spiro atoms. The summed E-state index contributed by atoms with van der Waals surface area (Å²) >= 11 is 7.27. The third-order valence-corrected chi connectivity index (χ3v) is 7.45. The number of rotatable bonds is 4. The number of carbonyl (C=O) groups is 2. The number of thiazole rings is 1. The number of aromatic nitrogens is 1. The van der Waals surface area contributed by atoms with E-state index >= 15 is 0 Å². The second kappa shape index (κ2) is 8.94. The molecular formula is C26H22ClN3O4S. The fourth-order valence-electron chi connectivity index (χ4n) is 4.62. The Morgan fingerprint density at radius 2 is 1.83 bits per heavy atom. The van der Waals surface area contributed by atoms with Gasteiger partial charge in [-0.2, -0.15) is 0 Å². The van der Waals surface area contributed by atoms with E-state index in [9.17, 15) is 14.4 Å². The van der Waals surface area contributed by atoms with Crippen LogP contribution in [-0.2, 0) is 14.3 Å². The summed E-state index contributed by atoms with van der Waals surface area (Å²) in [7, 11) is 0. The highest BCUT2D eigenvalue weighted by Gasteiger charge is 2.36. The molecule has 0 saturated carbocycles. The van der Waals surface area contributed by atoms with E-state index in [1.54, 1.807) is 43.0 Å². The SMILES string of the molecule is CCOC(=O)C1=C(C)N=c2s/c(=C3\C(=O)N(CC)c4ccccc43)c(=O)n2[C@@H]1c1ccc(Cl)cc1. The lowest BCUT2D eigenvalue weighted by Gasteiger charge is -2.24. The molecule has 7 nitrogen and oxygen atoms in total. The maximum atomic E-state index is 14.0. The van der Waals surface area contributed by atoms with Crippen molar-refractivity contribution >= 4 is 46.1 Å². The lowest BCUT2D eigenvalue weighted by atomic mass is 9.96. The Kier molecular flexibility index (Phi) is 5.94. The van der Waals surface area contributed by atoms with E-state index in [4.69, 9.17) is 16.3 Å². The van der Waals surface area contributed by atoms with Gasteiger partial charge < -0.3 is 9.64 Å². The highest BCUT2D eigenvalue weighted by Crippen LogP contribution is 2.35. The molecule has 35 heavy (non-hydrogen) atoms. The number of nitrogens with zero attached hydrogens (tertiary/aromatic N) is 3. The van der Waals surface area contributed by atoms with Crippen LogP contribution in [0.1, 0.15) is 37.9 Å². The Morgan fingerprint density at radius 1 is 1.11 bits per heavy atom. The Bertz CT molecular complexity index is 1580. The predicted octanol–water partition coefficient (Wildman–Crippen LogP) is 3.19. The molecule has 0 radical (unpaired) electrons. The average Bonchev–Trinajstić information content (AvgIpc) is 3.31. The Hall–Kier alpha value is -3.49. The zero-order chi connectivity index (χ0) is 24.9. The lowest BCUT2D eigenvalue weighted by molar-refractivity contribution is -0.139. The molecule has 0 aliphatic carbocycles. The number of esters is 1. The molecule has 0 bridgehead atoms. The zero-order valence-electron chi connectivity index (χ0n) is 19.4. The maximum Gasteiger partial charge on any atom is 0.338 e. The second-order valence-corrected chi connectivity index (χ2v) is 9.53. The fraction of sp³-hybridized carbons (Fsp3) is 0.231. The molecule has 178 valence electrons. The van der Waals surface area contributed by atoms with Crippen molar-refractivity contribution in [2.75, 3.05) is 18.1 Å². The molecule has 2 aromatic carbocycles. The van der Waals surface area contributed by atoms with E-state index in [1.165, 1.54) is 4.57 Å². The molecule has 0 N–H and O–H groups in total. The quantitative estimate of drug-likeness (QED) is 0.508. The van der Waals surface area contributed by atoms with Gasteiger partial charge in [0.05, 0.1) is 35.2 Å². The van der Waals surface area contributed by atoms with Gasteiger partial charge in [-0.05, 0) is 44.5 Å². The minimum atomic E-state index is -0.758. The first kappa shape index (κ1) is 23.3. The van der Waals surface area contributed by atoms with Crippen LogP contribution in [0.2, 0.25) is 5.02 Å². The van der Waals surface area contributed by atoms with Crippen LogP contribution in [0.3, 0.4) is 0 Å². The minimum Gasteiger partial charge on any atom is -0.463 e.